The first kappa shape index (κ1) is 24.1. The van der Waals surface area contributed by atoms with E-state index in [1.807, 2.05) is 0 Å². The highest BCUT2D eigenvalue weighted by molar-refractivity contribution is 7.92. The van der Waals surface area contributed by atoms with Crippen LogP contribution in [0.2, 0.25) is 0 Å². The quantitative estimate of drug-likeness (QED) is 0.601. The van der Waals surface area contributed by atoms with Crippen molar-refractivity contribution in [1.82, 2.24) is 9.80 Å². The highest BCUT2D eigenvalue weighted by Crippen LogP contribution is 2.35. The maximum atomic E-state index is 13.9. The number of hydrogen-bond donors (Lipinski definition) is 0. The predicted molar refractivity (Wildman–Crippen MR) is 116 cm³/mol. The summed E-state index contributed by atoms with van der Waals surface area (Å²) in [4.78, 5) is 16.4. The molecule has 1 amide bonds. The lowest BCUT2D eigenvalue weighted by atomic mass is 10.1. The number of sulfonamides is 1. The Kier molecular flexibility index (Phi) is 7.45. The molecule has 2 aromatic carbocycles. The Bertz CT molecular complexity index is 1030. The standard InChI is InChI=1S/C22H26F3N3O3S/c1-2-12-26-13-7-14-27(16-15-26)21(29)18-8-6-9-19(17-18)28(22(23,24)25)32(30,31)20-10-4-3-5-11-20/h3-6,8-11,17H,2,7,12-16H2,1H3. The van der Waals surface area contributed by atoms with Gasteiger partial charge in [0.2, 0.25) is 0 Å². The average molecular weight is 470 g/mol. The SMILES string of the molecule is CCCN1CCCN(C(=O)c2cccc(N(C(F)(F)F)S(=O)(=O)c3ccccc3)c2)CC1. The van der Waals surface area contributed by atoms with Crippen molar-refractivity contribution in [3.8, 4) is 0 Å². The van der Waals surface area contributed by atoms with Crippen molar-refractivity contribution in [3.63, 3.8) is 0 Å². The van der Waals surface area contributed by atoms with Crippen LogP contribution in [-0.2, 0) is 10.0 Å². The Labute approximate surface area is 186 Å². The molecule has 1 saturated heterocycles. The lowest BCUT2D eigenvalue weighted by Gasteiger charge is -2.27. The van der Waals surface area contributed by atoms with Gasteiger partial charge in [-0.05, 0) is 56.3 Å². The van der Waals surface area contributed by atoms with E-state index in [0.29, 0.717) is 19.6 Å². The van der Waals surface area contributed by atoms with E-state index >= 15 is 0 Å². The van der Waals surface area contributed by atoms with Crippen LogP contribution in [0.15, 0.2) is 59.5 Å². The van der Waals surface area contributed by atoms with Crippen molar-refractivity contribution in [2.24, 2.45) is 0 Å². The fourth-order valence-electron chi connectivity index (χ4n) is 3.78. The first-order valence-corrected chi connectivity index (χ1v) is 11.9. The monoisotopic (exact) mass is 469 g/mol. The van der Waals surface area contributed by atoms with Gasteiger partial charge < -0.3 is 9.80 Å². The lowest BCUT2D eigenvalue weighted by Crippen LogP contribution is -2.43. The van der Waals surface area contributed by atoms with E-state index in [9.17, 15) is 26.4 Å². The number of rotatable bonds is 6. The Morgan fingerprint density at radius 2 is 1.72 bits per heavy atom. The molecule has 1 heterocycles. The fourth-order valence-corrected chi connectivity index (χ4v) is 5.16. The molecule has 0 saturated carbocycles. The molecular weight excluding hydrogens is 443 g/mol. The maximum absolute atomic E-state index is 13.9. The van der Waals surface area contributed by atoms with Gasteiger partial charge in [0.05, 0.1) is 10.6 Å². The second-order valence-electron chi connectivity index (χ2n) is 7.59. The molecule has 0 bridgehead atoms. The molecule has 0 N–H and O–H groups in total. The normalized spacial score (nSPS) is 15.9. The Hall–Kier alpha value is -2.59. The second-order valence-corrected chi connectivity index (χ2v) is 9.37. The van der Waals surface area contributed by atoms with E-state index < -0.39 is 37.1 Å². The van der Waals surface area contributed by atoms with Crippen LogP contribution in [0, 0.1) is 0 Å². The number of alkyl halides is 3. The summed E-state index contributed by atoms with van der Waals surface area (Å²) in [5.74, 6) is -0.413. The summed E-state index contributed by atoms with van der Waals surface area (Å²) in [6, 6.07) is 11.1. The van der Waals surface area contributed by atoms with Gasteiger partial charge in [-0.25, -0.2) is 8.42 Å². The molecule has 2 aromatic rings. The second kappa shape index (κ2) is 9.91. The van der Waals surface area contributed by atoms with Crippen molar-refractivity contribution in [2.45, 2.75) is 31.0 Å². The van der Waals surface area contributed by atoms with E-state index in [2.05, 4.69) is 11.8 Å². The molecule has 0 aliphatic carbocycles. The van der Waals surface area contributed by atoms with Crippen molar-refractivity contribution in [1.29, 1.82) is 0 Å². The summed E-state index contributed by atoms with van der Waals surface area (Å²) in [5, 5.41) is 0. The van der Waals surface area contributed by atoms with Crippen molar-refractivity contribution < 1.29 is 26.4 Å². The van der Waals surface area contributed by atoms with Crippen LogP contribution in [0.1, 0.15) is 30.1 Å². The zero-order chi connectivity index (χ0) is 23.4. The van der Waals surface area contributed by atoms with Crippen LogP contribution >= 0.6 is 0 Å². The van der Waals surface area contributed by atoms with Gasteiger partial charge >= 0.3 is 6.30 Å². The molecule has 0 spiro atoms. The zero-order valence-electron chi connectivity index (χ0n) is 17.8. The smallest absolute Gasteiger partial charge is 0.337 e. The number of carbonyl (C=O) groups is 1. The van der Waals surface area contributed by atoms with Crippen LogP contribution in [0.5, 0.6) is 0 Å². The molecule has 1 fully saturated rings. The van der Waals surface area contributed by atoms with E-state index in [-0.39, 0.29) is 5.56 Å². The van der Waals surface area contributed by atoms with E-state index in [1.54, 1.807) is 4.90 Å². The third kappa shape index (κ3) is 5.42. The van der Waals surface area contributed by atoms with Gasteiger partial charge in [0.15, 0.2) is 0 Å². The van der Waals surface area contributed by atoms with Gasteiger partial charge in [0, 0.05) is 25.2 Å². The first-order chi connectivity index (χ1) is 15.1. The van der Waals surface area contributed by atoms with Crippen molar-refractivity contribution in [2.75, 3.05) is 37.0 Å². The van der Waals surface area contributed by atoms with Crippen molar-refractivity contribution >= 4 is 21.6 Å². The van der Waals surface area contributed by atoms with Crippen molar-refractivity contribution in [3.05, 3.63) is 60.2 Å². The zero-order valence-corrected chi connectivity index (χ0v) is 18.6. The minimum atomic E-state index is -5.21. The van der Waals surface area contributed by atoms with Crippen LogP contribution in [0.3, 0.4) is 0 Å². The molecule has 3 rings (SSSR count). The Morgan fingerprint density at radius 1 is 1.00 bits per heavy atom. The molecule has 10 heteroatoms. The van der Waals surface area contributed by atoms with Gasteiger partial charge in [-0.1, -0.05) is 31.2 Å². The predicted octanol–water partition coefficient (Wildman–Crippen LogP) is 3.96. The number of amides is 1. The summed E-state index contributed by atoms with van der Waals surface area (Å²) in [6.45, 7) is 5.51. The van der Waals surface area contributed by atoms with Gasteiger partial charge in [-0.15, -0.1) is 13.2 Å². The summed E-state index contributed by atoms with van der Waals surface area (Å²) < 4.78 is 66.7. The van der Waals surface area contributed by atoms with Gasteiger partial charge in [0.1, 0.15) is 0 Å². The highest BCUT2D eigenvalue weighted by atomic mass is 32.2. The van der Waals surface area contributed by atoms with Crippen LogP contribution < -0.4 is 4.31 Å². The van der Waals surface area contributed by atoms with Crippen LogP contribution in [0.25, 0.3) is 0 Å². The topological polar surface area (TPSA) is 60.9 Å². The fraction of sp³-hybridized carbons (Fsp3) is 0.409. The molecule has 6 nitrogen and oxygen atoms in total. The molecule has 0 aromatic heterocycles. The van der Waals surface area contributed by atoms with Crippen LogP contribution in [0.4, 0.5) is 18.9 Å². The summed E-state index contributed by atoms with van der Waals surface area (Å²) >= 11 is 0. The van der Waals surface area contributed by atoms with Crippen LogP contribution in [-0.4, -0.2) is 63.1 Å². The minimum Gasteiger partial charge on any atom is -0.337 e. The molecule has 0 radical (unpaired) electrons. The first-order valence-electron chi connectivity index (χ1n) is 10.4. The Morgan fingerprint density at radius 3 is 2.38 bits per heavy atom. The molecule has 1 aliphatic rings. The maximum Gasteiger partial charge on any atom is 0.498 e. The number of halogens is 3. The van der Waals surface area contributed by atoms with Gasteiger partial charge in [0.25, 0.3) is 15.9 Å². The Balaban J connectivity index is 1.91. The largest absolute Gasteiger partial charge is 0.498 e. The average Bonchev–Trinajstić information content (AvgIpc) is 2.99. The number of nitrogens with zero attached hydrogens (tertiary/aromatic N) is 3. The molecule has 32 heavy (non-hydrogen) atoms. The molecule has 0 unspecified atom stereocenters. The van der Waals surface area contributed by atoms with E-state index in [0.717, 1.165) is 50.2 Å². The number of hydrogen-bond acceptors (Lipinski definition) is 4. The molecule has 1 aliphatic heterocycles. The summed E-state index contributed by atoms with van der Waals surface area (Å²) in [7, 11) is -4.92. The number of carbonyl (C=O) groups excluding carboxylic acids is 1. The third-order valence-electron chi connectivity index (χ3n) is 5.25. The summed E-state index contributed by atoms with van der Waals surface area (Å²) in [6.07, 6.45) is -3.44. The molecule has 174 valence electrons. The molecule has 0 atom stereocenters. The van der Waals surface area contributed by atoms with Gasteiger partial charge in [-0.3, -0.25) is 4.79 Å². The third-order valence-corrected chi connectivity index (χ3v) is 7.02. The highest BCUT2D eigenvalue weighted by Gasteiger charge is 2.46. The number of anilines is 1. The molecular formula is C22H26F3N3O3S. The van der Waals surface area contributed by atoms with E-state index in [1.165, 1.54) is 30.3 Å². The number of benzene rings is 2. The lowest BCUT2D eigenvalue weighted by molar-refractivity contribution is -0.115. The van der Waals surface area contributed by atoms with Gasteiger partial charge in [-0.2, -0.15) is 4.31 Å². The minimum absolute atomic E-state index is 0.0175. The summed E-state index contributed by atoms with van der Waals surface area (Å²) in [5.41, 5.74) is -0.612. The van der Waals surface area contributed by atoms with E-state index in [4.69, 9.17) is 0 Å².